The minimum absolute atomic E-state index is 0.142. The predicted octanol–water partition coefficient (Wildman–Crippen LogP) is 3.22. The van der Waals surface area contributed by atoms with Gasteiger partial charge in [-0.2, -0.15) is 0 Å². The maximum absolute atomic E-state index is 12.4. The van der Waals surface area contributed by atoms with E-state index in [1.807, 2.05) is 60.7 Å². The van der Waals surface area contributed by atoms with E-state index in [1.165, 1.54) is 12.1 Å². The average Bonchev–Trinajstić information content (AvgIpc) is 2.74. The van der Waals surface area contributed by atoms with Crippen LogP contribution in [0.3, 0.4) is 0 Å². The van der Waals surface area contributed by atoms with E-state index in [1.54, 1.807) is 12.1 Å². The summed E-state index contributed by atoms with van der Waals surface area (Å²) in [5.74, 6) is -0.233. The molecule has 0 atom stereocenters. The number of rotatable bonds is 7. The largest absolute Gasteiger partial charge is 0.332 e. The van der Waals surface area contributed by atoms with Crippen LogP contribution in [-0.2, 0) is 27.8 Å². The van der Waals surface area contributed by atoms with Gasteiger partial charge >= 0.3 is 0 Å². The highest BCUT2D eigenvalue weighted by molar-refractivity contribution is 7.89. The molecule has 6 nitrogen and oxygen atoms in total. The van der Waals surface area contributed by atoms with Crippen molar-refractivity contribution in [1.29, 1.82) is 0 Å². The summed E-state index contributed by atoms with van der Waals surface area (Å²) in [4.78, 5) is 12.2. The zero-order valence-corrected chi connectivity index (χ0v) is 17.7. The van der Waals surface area contributed by atoms with Crippen molar-refractivity contribution in [2.24, 2.45) is 0 Å². The van der Waals surface area contributed by atoms with E-state index < -0.39 is 10.0 Å². The molecule has 3 N–H and O–H groups in total. The molecule has 0 aliphatic rings. The van der Waals surface area contributed by atoms with Crippen molar-refractivity contribution in [2.75, 3.05) is 5.32 Å². The van der Waals surface area contributed by atoms with Gasteiger partial charge in [-0.25, -0.2) is 13.1 Å². The lowest BCUT2D eigenvalue weighted by atomic mass is 10.1. The second-order valence-corrected chi connectivity index (χ2v) is 8.67. The second kappa shape index (κ2) is 10.1. The van der Waals surface area contributed by atoms with Crippen molar-refractivity contribution >= 4 is 38.9 Å². The maximum atomic E-state index is 12.4. The third-order valence-corrected chi connectivity index (χ3v) is 5.81. The summed E-state index contributed by atoms with van der Waals surface area (Å²) >= 11 is 5.16. The molecule has 0 spiro atoms. The Balaban J connectivity index is 1.53. The molecular weight excluding hydrogens is 418 g/mol. The first-order chi connectivity index (χ1) is 14.4. The zero-order valence-electron chi connectivity index (χ0n) is 16.0. The molecule has 0 heterocycles. The van der Waals surface area contributed by atoms with Crippen LogP contribution in [0.4, 0.5) is 5.69 Å². The quantitative estimate of drug-likeness (QED) is 0.492. The average molecular weight is 440 g/mol. The van der Waals surface area contributed by atoms with Gasteiger partial charge in [-0.05, 0) is 47.6 Å². The number of sulfonamides is 1. The Labute approximate surface area is 181 Å². The van der Waals surface area contributed by atoms with E-state index in [4.69, 9.17) is 12.2 Å². The van der Waals surface area contributed by atoms with Crippen molar-refractivity contribution in [2.45, 2.75) is 17.9 Å². The summed E-state index contributed by atoms with van der Waals surface area (Å²) in [6.45, 7) is 0.209. The Bertz CT molecular complexity index is 1100. The fourth-order valence-electron chi connectivity index (χ4n) is 2.69. The van der Waals surface area contributed by atoms with Crippen molar-refractivity contribution in [3.8, 4) is 0 Å². The number of nitrogens with one attached hydrogen (secondary N) is 3. The Morgan fingerprint density at radius 3 is 1.97 bits per heavy atom. The standard InChI is InChI=1S/C22H21N3O3S2/c26-21(15-17-7-3-1-4-8-17)25-22(29)24-19-11-13-20(14-12-19)30(27,28)23-16-18-9-5-2-6-10-18/h1-14,23H,15-16H2,(H2,24,25,26,29). The molecule has 3 aromatic rings. The minimum atomic E-state index is -3.64. The van der Waals surface area contributed by atoms with E-state index in [2.05, 4.69) is 15.4 Å². The number of amides is 1. The van der Waals surface area contributed by atoms with Gasteiger partial charge in [-0.3, -0.25) is 4.79 Å². The highest BCUT2D eigenvalue weighted by Gasteiger charge is 2.14. The molecule has 0 saturated heterocycles. The molecule has 0 bridgehead atoms. The topological polar surface area (TPSA) is 87.3 Å². The molecule has 0 aromatic heterocycles. The number of thiocarbonyl (C=S) groups is 1. The van der Waals surface area contributed by atoms with E-state index >= 15 is 0 Å². The Hall–Kier alpha value is -3.07. The molecule has 0 saturated carbocycles. The zero-order chi connectivity index (χ0) is 21.4. The van der Waals surface area contributed by atoms with Gasteiger partial charge in [0.25, 0.3) is 0 Å². The number of hydrogen-bond donors (Lipinski definition) is 3. The summed E-state index contributed by atoms with van der Waals surface area (Å²) < 4.78 is 27.5. The second-order valence-electron chi connectivity index (χ2n) is 6.50. The lowest BCUT2D eigenvalue weighted by Gasteiger charge is -2.11. The van der Waals surface area contributed by atoms with Gasteiger partial charge in [0.2, 0.25) is 15.9 Å². The first-order valence-corrected chi connectivity index (χ1v) is 11.1. The highest BCUT2D eigenvalue weighted by Crippen LogP contribution is 2.14. The lowest BCUT2D eigenvalue weighted by molar-refractivity contribution is -0.119. The molecule has 1 amide bonds. The summed E-state index contributed by atoms with van der Waals surface area (Å²) in [6.07, 6.45) is 0.215. The Morgan fingerprint density at radius 2 is 1.37 bits per heavy atom. The van der Waals surface area contributed by atoms with Crippen LogP contribution in [0.15, 0.2) is 89.8 Å². The van der Waals surface area contributed by atoms with Gasteiger partial charge in [0, 0.05) is 12.2 Å². The third kappa shape index (κ3) is 6.48. The van der Waals surface area contributed by atoms with Crippen LogP contribution < -0.4 is 15.4 Å². The van der Waals surface area contributed by atoms with Gasteiger partial charge in [-0.15, -0.1) is 0 Å². The molecule has 0 unspecified atom stereocenters. The van der Waals surface area contributed by atoms with E-state index in [9.17, 15) is 13.2 Å². The van der Waals surface area contributed by atoms with Gasteiger partial charge in [0.1, 0.15) is 0 Å². The summed E-state index contributed by atoms with van der Waals surface area (Å²) in [5, 5.41) is 5.64. The van der Waals surface area contributed by atoms with Gasteiger partial charge < -0.3 is 10.6 Å². The Morgan fingerprint density at radius 1 is 0.800 bits per heavy atom. The van der Waals surface area contributed by atoms with Crippen molar-refractivity contribution in [3.05, 3.63) is 96.1 Å². The van der Waals surface area contributed by atoms with Crippen LogP contribution in [0.5, 0.6) is 0 Å². The maximum Gasteiger partial charge on any atom is 0.240 e. The number of carbonyl (C=O) groups excluding carboxylic acids is 1. The van der Waals surface area contributed by atoms with Crippen molar-refractivity contribution in [1.82, 2.24) is 10.0 Å². The summed E-state index contributed by atoms with van der Waals surface area (Å²) in [7, 11) is -3.64. The molecular formula is C22H21N3O3S2. The molecule has 154 valence electrons. The molecule has 0 radical (unpaired) electrons. The molecule has 3 aromatic carbocycles. The molecule has 0 aliphatic carbocycles. The number of hydrogen-bond acceptors (Lipinski definition) is 4. The fraction of sp³-hybridized carbons (Fsp3) is 0.0909. The number of anilines is 1. The molecule has 0 fully saturated rings. The molecule has 0 aliphatic heterocycles. The first kappa shape index (κ1) is 21.6. The number of carbonyl (C=O) groups is 1. The summed E-state index contributed by atoms with van der Waals surface area (Å²) in [5.41, 5.74) is 2.33. The first-order valence-electron chi connectivity index (χ1n) is 9.21. The lowest BCUT2D eigenvalue weighted by Crippen LogP contribution is -2.35. The van der Waals surface area contributed by atoms with Gasteiger partial charge in [0.15, 0.2) is 5.11 Å². The van der Waals surface area contributed by atoms with E-state index in [0.29, 0.717) is 5.69 Å². The Kier molecular flexibility index (Phi) is 7.29. The molecule has 8 heteroatoms. The predicted molar refractivity (Wildman–Crippen MR) is 121 cm³/mol. The highest BCUT2D eigenvalue weighted by atomic mass is 32.2. The van der Waals surface area contributed by atoms with E-state index in [0.717, 1.165) is 11.1 Å². The van der Waals surface area contributed by atoms with Crippen LogP contribution in [0.25, 0.3) is 0 Å². The van der Waals surface area contributed by atoms with E-state index in [-0.39, 0.29) is 28.9 Å². The van der Waals surface area contributed by atoms with Crippen LogP contribution >= 0.6 is 12.2 Å². The van der Waals surface area contributed by atoms with Crippen LogP contribution in [0, 0.1) is 0 Å². The van der Waals surface area contributed by atoms with Gasteiger partial charge in [-0.1, -0.05) is 60.7 Å². The fourth-order valence-corrected chi connectivity index (χ4v) is 3.94. The van der Waals surface area contributed by atoms with Crippen molar-refractivity contribution in [3.63, 3.8) is 0 Å². The molecule has 3 rings (SSSR count). The SMILES string of the molecule is O=C(Cc1ccccc1)NC(=S)Nc1ccc(S(=O)(=O)NCc2ccccc2)cc1. The monoisotopic (exact) mass is 439 g/mol. The third-order valence-electron chi connectivity index (χ3n) is 4.19. The van der Waals surface area contributed by atoms with Crippen LogP contribution in [0.1, 0.15) is 11.1 Å². The van der Waals surface area contributed by atoms with Crippen LogP contribution in [0.2, 0.25) is 0 Å². The van der Waals surface area contributed by atoms with Crippen molar-refractivity contribution < 1.29 is 13.2 Å². The smallest absolute Gasteiger partial charge is 0.240 e. The van der Waals surface area contributed by atoms with Gasteiger partial charge in [0.05, 0.1) is 11.3 Å². The minimum Gasteiger partial charge on any atom is -0.332 e. The van der Waals surface area contributed by atoms with Crippen LogP contribution in [-0.4, -0.2) is 19.4 Å². The number of benzene rings is 3. The normalized spacial score (nSPS) is 10.9. The molecule has 30 heavy (non-hydrogen) atoms. The summed E-state index contributed by atoms with van der Waals surface area (Å²) in [6, 6.07) is 24.7.